The first-order valence-electron chi connectivity index (χ1n) is 6.15. The van der Waals surface area contributed by atoms with Gasteiger partial charge in [0, 0.05) is 11.6 Å². The first-order chi connectivity index (χ1) is 7.97. The van der Waals surface area contributed by atoms with Crippen molar-refractivity contribution in [2.24, 2.45) is 5.92 Å². The first kappa shape index (κ1) is 14.1. The van der Waals surface area contributed by atoms with Gasteiger partial charge in [0.05, 0.1) is 0 Å². The van der Waals surface area contributed by atoms with E-state index in [-0.39, 0.29) is 11.6 Å². The highest BCUT2D eigenvalue weighted by Crippen LogP contribution is 2.27. The summed E-state index contributed by atoms with van der Waals surface area (Å²) in [4.78, 5) is 0. The molecule has 1 atom stereocenters. The quantitative estimate of drug-likeness (QED) is 0.822. The fraction of sp³-hybridized carbons (Fsp3) is 0.571. The Morgan fingerprint density at radius 2 is 1.88 bits per heavy atom. The monoisotopic (exact) mass is 241 g/mol. The van der Waals surface area contributed by atoms with Crippen molar-refractivity contribution in [1.82, 2.24) is 5.32 Å². The molecule has 17 heavy (non-hydrogen) atoms. The topological polar surface area (TPSA) is 12.0 Å². The van der Waals surface area contributed by atoms with Crippen LogP contribution in [-0.4, -0.2) is 6.54 Å². The summed E-state index contributed by atoms with van der Waals surface area (Å²) in [6.07, 6.45) is 0.727. The Labute approximate surface area is 102 Å². The van der Waals surface area contributed by atoms with Gasteiger partial charge in [0.15, 0.2) is 0 Å². The Hall–Kier alpha value is -0.960. The highest BCUT2D eigenvalue weighted by atomic mass is 19.1. The number of hydrogen-bond donors (Lipinski definition) is 1. The van der Waals surface area contributed by atoms with Gasteiger partial charge in [-0.05, 0) is 37.4 Å². The predicted octanol–water partition coefficient (Wildman–Crippen LogP) is 3.97. The van der Waals surface area contributed by atoms with Crippen LogP contribution < -0.4 is 5.32 Å². The molecular weight excluding hydrogens is 220 g/mol. The standard InChI is InChI=1S/C14H21F2N/c1-5-17-12(8-9(2)3)13-11(15)7-6-10(4)14(13)16/h6-7,9,12,17H,5,8H2,1-4H3. The lowest BCUT2D eigenvalue weighted by molar-refractivity contribution is 0.405. The molecule has 0 fully saturated rings. The summed E-state index contributed by atoms with van der Waals surface area (Å²) in [5.74, 6) is -0.491. The van der Waals surface area contributed by atoms with Crippen molar-refractivity contribution in [3.8, 4) is 0 Å². The molecule has 0 aromatic heterocycles. The first-order valence-corrected chi connectivity index (χ1v) is 6.15. The van der Waals surface area contributed by atoms with Gasteiger partial charge in [0.2, 0.25) is 0 Å². The Kier molecular flexibility index (Phi) is 5.06. The molecular formula is C14H21F2N. The molecule has 1 aromatic carbocycles. The average molecular weight is 241 g/mol. The van der Waals surface area contributed by atoms with Crippen LogP contribution in [0.4, 0.5) is 8.78 Å². The van der Waals surface area contributed by atoms with Crippen molar-refractivity contribution in [3.05, 3.63) is 34.9 Å². The highest BCUT2D eigenvalue weighted by Gasteiger charge is 2.21. The maximum atomic E-state index is 14.0. The Balaban J connectivity index is 3.12. The molecule has 0 heterocycles. The summed E-state index contributed by atoms with van der Waals surface area (Å²) < 4.78 is 27.8. The molecule has 1 N–H and O–H groups in total. The summed E-state index contributed by atoms with van der Waals surface area (Å²) in [5, 5.41) is 3.16. The van der Waals surface area contributed by atoms with Gasteiger partial charge in [-0.1, -0.05) is 26.8 Å². The molecule has 96 valence electrons. The molecule has 0 saturated carbocycles. The number of halogens is 2. The molecule has 0 amide bonds. The van der Waals surface area contributed by atoms with Crippen molar-refractivity contribution < 1.29 is 8.78 Å². The molecule has 0 spiro atoms. The minimum absolute atomic E-state index is 0.181. The van der Waals surface area contributed by atoms with Crippen LogP contribution in [0.3, 0.4) is 0 Å². The second-order valence-corrected chi connectivity index (χ2v) is 4.83. The molecule has 1 rings (SSSR count). The molecule has 0 saturated heterocycles. The molecule has 0 aliphatic heterocycles. The molecule has 0 bridgehead atoms. The number of benzene rings is 1. The van der Waals surface area contributed by atoms with Crippen molar-refractivity contribution in [3.63, 3.8) is 0 Å². The lowest BCUT2D eigenvalue weighted by Gasteiger charge is -2.22. The van der Waals surface area contributed by atoms with Gasteiger partial charge in [-0.25, -0.2) is 8.78 Å². The summed E-state index contributed by atoms with van der Waals surface area (Å²) in [7, 11) is 0. The normalized spacial score (nSPS) is 13.1. The number of nitrogens with one attached hydrogen (secondary N) is 1. The van der Waals surface area contributed by atoms with Gasteiger partial charge < -0.3 is 5.32 Å². The number of hydrogen-bond acceptors (Lipinski definition) is 1. The fourth-order valence-corrected chi connectivity index (χ4v) is 2.02. The maximum Gasteiger partial charge on any atom is 0.133 e. The van der Waals surface area contributed by atoms with E-state index in [0.29, 0.717) is 18.0 Å². The predicted molar refractivity (Wildman–Crippen MR) is 67.0 cm³/mol. The van der Waals surface area contributed by atoms with Gasteiger partial charge in [0.25, 0.3) is 0 Å². The van der Waals surface area contributed by atoms with Gasteiger partial charge in [-0.15, -0.1) is 0 Å². The van der Waals surface area contributed by atoms with Gasteiger partial charge in [-0.3, -0.25) is 0 Å². The molecule has 0 aliphatic rings. The van der Waals surface area contributed by atoms with Crippen LogP contribution >= 0.6 is 0 Å². The van der Waals surface area contributed by atoms with E-state index in [1.165, 1.54) is 12.1 Å². The van der Waals surface area contributed by atoms with E-state index in [4.69, 9.17) is 0 Å². The largest absolute Gasteiger partial charge is 0.310 e. The Morgan fingerprint density at radius 3 is 2.41 bits per heavy atom. The third-order valence-electron chi connectivity index (χ3n) is 2.83. The van der Waals surface area contributed by atoms with Crippen LogP contribution in [0.15, 0.2) is 12.1 Å². The lowest BCUT2D eigenvalue weighted by Crippen LogP contribution is -2.24. The van der Waals surface area contributed by atoms with Crippen molar-refractivity contribution in [2.45, 2.75) is 40.2 Å². The lowest BCUT2D eigenvalue weighted by atomic mass is 9.94. The van der Waals surface area contributed by atoms with Crippen LogP contribution in [0, 0.1) is 24.5 Å². The molecule has 0 aliphatic carbocycles. The van der Waals surface area contributed by atoms with E-state index < -0.39 is 11.6 Å². The van der Waals surface area contributed by atoms with E-state index in [0.717, 1.165) is 6.42 Å². The van der Waals surface area contributed by atoms with E-state index in [1.807, 2.05) is 6.92 Å². The van der Waals surface area contributed by atoms with Crippen LogP contribution in [0.2, 0.25) is 0 Å². The minimum Gasteiger partial charge on any atom is -0.310 e. The molecule has 3 heteroatoms. The number of rotatable bonds is 5. The number of aryl methyl sites for hydroxylation is 1. The Bertz CT molecular complexity index is 375. The smallest absolute Gasteiger partial charge is 0.133 e. The minimum atomic E-state index is -0.459. The second-order valence-electron chi connectivity index (χ2n) is 4.83. The van der Waals surface area contributed by atoms with Crippen molar-refractivity contribution in [1.29, 1.82) is 0 Å². The van der Waals surface area contributed by atoms with Crippen LogP contribution in [0.25, 0.3) is 0 Å². The zero-order valence-electron chi connectivity index (χ0n) is 11.0. The summed E-state index contributed by atoms with van der Waals surface area (Å²) >= 11 is 0. The molecule has 1 nitrogen and oxygen atoms in total. The zero-order valence-corrected chi connectivity index (χ0v) is 11.0. The van der Waals surface area contributed by atoms with Gasteiger partial charge >= 0.3 is 0 Å². The van der Waals surface area contributed by atoms with Crippen LogP contribution in [-0.2, 0) is 0 Å². The van der Waals surface area contributed by atoms with E-state index >= 15 is 0 Å². The molecule has 0 radical (unpaired) electrons. The summed E-state index contributed by atoms with van der Waals surface area (Å²) in [6.45, 7) is 8.41. The summed E-state index contributed by atoms with van der Waals surface area (Å²) in [5.41, 5.74) is 0.675. The van der Waals surface area contributed by atoms with Crippen LogP contribution in [0.5, 0.6) is 0 Å². The van der Waals surface area contributed by atoms with Crippen molar-refractivity contribution in [2.75, 3.05) is 6.54 Å². The van der Waals surface area contributed by atoms with E-state index in [2.05, 4.69) is 19.2 Å². The Morgan fingerprint density at radius 1 is 1.24 bits per heavy atom. The van der Waals surface area contributed by atoms with Gasteiger partial charge in [-0.2, -0.15) is 0 Å². The summed E-state index contributed by atoms with van der Waals surface area (Å²) in [6, 6.07) is 2.57. The van der Waals surface area contributed by atoms with E-state index in [1.54, 1.807) is 6.92 Å². The zero-order chi connectivity index (χ0) is 13.0. The van der Waals surface area contributed by atoms with Crippen molar-refractivity contribution >= 4 is 0 Å². The molecule has 1 unspecified atom stereocenters. The SMILES string of the molecule is CCNC(CC(C)C)c1c(F)ccc(C)c1F. The molecule has 1 aromatic rings. The third kappa shape index (κ3) is 3.50. The highest BCUT2D eigenvalue weighted by molar-refractivity contribution is 5.29. The maximum absolute atomic E-state index is 14.0. The average Bonchev–Trinajstić information content (AvgIpc) is 2.23. The van der Waals surface area contributed by atoms with Crippen LogP contribution in [0.1, 0.15) is 44.4 Å². The van der Waals surface area contributed by atoms with E-state index in [9.17, 15) is 8.78 Å². The third-order valence-corrected chi connectivity index (χ3v) is 2.83. The second kappa shape index (κ2) is 6.10. The van der Waals surface area contributed by atoms with Gasteiger partial charge in [0.1, 0.15) is 11.6 Å². The fourth-order valence-electron chi connectivity index (χ4n) is 2.02.